The van der Waals surface area contributed by atoms with Crippen LogP contribution in [-0.2, 0) is 14.8 Å². The number of aryl methyl sites for hydroxylation is 1. The number of methoxy groups -OCH3 is 1. The summed E-state index contributed by atoms with van der Waals surface area (Å²) in [7, 11) is -0.580. The summed E-state index contributed by atoms with van der Waals surface area (Å²) in [5, 5.41) is -0.396. The summed E-state index contributed by atoms with van der Waals surface area (Å²) in [6.07, 6.45) is 0. The van der Waals surface area contributed by atoms with Gasteiger partial charge in [-0.3, -0.25) is 0 Å². The first-order valence-corrected chi connectivity index (χ1v) is 9.21. The number of hydrogen-bond acceptors (Lipinski definition) is 3. The van der Waals surface area contributed by atoms with E-state index in [4.69, 9.17) is 16.3 Å². The fourth-order valence-corrected chi connectivity index (χ4v) is 4.87. The molecular weight excluding hydrogens is 433 g/mol. The Morgan fingerprint density at radius 1 is 1.35 bits per heavy atom. The van der Waals surface area contributed by atoms with Gasteiger partial charge in [0.2, 0.25) is 10.0 Å². The molecule has 0 saturated heterocycles. The summed E-state index contributed by atoms with van der Waals surface area (Å²) in [5.74, 6) is 0. The van der Waals surface area contributed by atoms with E-state index in [1.807, 2.05) is 6.92 Å². The molecule has 0 amide bonds. The average Bonchev–Trinajstić information content (AvgIpc) is 2.33. The van der Waals surface area contributed by atoms with Crippen molar-refractivity contribution >= 4 is 53.5 Å². The summed E-state index contributed by atoms with van der Waals surface area (Å²) in [6, 6.07) is 3.35. The van der Waals surface area contributed by atoms with Gasteiger partial charge >= 0.3 is 0 Å². The summed E-state index contributed by atoms with van der Waals surface area (Å²) in [5.41, 5.74) is 0.952. The van der Waals surface area contributed by atoms with Gasteiger partial charge in [-0.25, -0.2) is 8.42 Å². The molecule has 1 unspecified atom stereocenters. The van der Waals surface area contributed by atoms with E-state index >= 15 is 0 Å². The number of alkyl halides is 1. The molecule has 0 spiro atoms. The quantitative estimate of drug-likeness (QED) is 0.626. The van der Waals surface area contributed by atoms with Gasteiger partial charge in [-0.05, 0) is 40.5 Å². The minimum Gasteiger partial charge on any atom is -0.383 e. The first-order chi connectivity index (χ1) is 9.20. The van der Waals surface area contributed by atoms with Crippen LogP contribution in [-0.4, -0.2) is 45.4 Å². The zero-order valence-electron chi connectivity index (χ0n) is 11.4. The summed E-state index contributed by atoms with van der Waals surface area (Å²) in [6.45, 7) is 2.36. The first-order valence-electron chi connectivity index (χ1n) is 5.75. The van der Waals surface area contributed by atoms with E-state index in [-0.39, 0.29) is 11.4 Å². The molecule has 0 fully saturated rings. The van der Waals surface area contributed by atoms with Crippen LogP contribution in [0.5, 0.6) is 0 Å². The van der Waals surface area contributed by atoms with E-state index < -0.39 is 15.4 Å². The second-order valence-electron chi connectivity index (χ2n) is 4.37. The van der Waals surface area contributed by atoms with Gasteiger partial charge in [0, 0.05) is 29.6 Å². The molecular formula is C12H16Br2ClNO3S. The van der Waals surface area contributed by atoms with Gasteiger partial charge in [-0.2, -0.15) is 4.31 Å². The zero-order chi connectivity index (χ0) is 15.5. The summed E-state index contributed by atoms with van der Waals surface area (Å²) in [4.78, 5) is 0.207. The molecule has 114 valence electrons. The lowest BCUT2D eigenvalue weighted by Gasteiger charge is -2.21. The van der Waals surface area contributed by atoms with Crippen molar-refractivity contribution in [1.29, 1.82) is 0 Å². The topological polar surface area (TPSA) is 46.6 Å². The monoisotopic (exact) mass is 447 g/mol. The van der Waals surface area contributed by atoms with Crippen LogP contribution >= 0.6 is 43.5 Å². The maximum absolute atomic E-state index is 12.5. The molecule has 1 atom stereocenters. The van der Waals surface area contributed by atoms with Gasteiger partial charge in [0.05, 0.1) is 16.9 Å². The van der Waals surface area contributed by atoms with E-state index in [0.29, 0.717) is 11.1 Å². The highest BCUT2D eigenvalue weighted by Crippen LogP contribution is 2.30. The Morgan fingerprint density at radius 2 is 1.95 bits per heavy atom. The van der Waals surface area contributed by atoms with E-state index in [2.05, 4.69) is 31.9 Å². The van der Waals surface area contributed by atoms with Crippen LogP contribution in [0.3, 0.4) is 0 Å². The number of hydrogen-bond donors (Lipinski definition) is 0. The van der Waals surface area contributed by atoms with E-state index in [0.717, 1.165) is 10.0 Å². The van der Waals surface area contributed by atoms with Crippen LogP contribution < -0.4 is 0 Å². The molecule has 8 heteroatoms. The van der Waals surface area contributed by atoms with Gasteiger partial charge in [0.25, 0.3) is 0 Å². The molecule has 0 radical (unpaired) electrons. The Labute approximate surface area is 141 Å². The van der Waals surface area contributed by atoms with Crippen molar-refractivity contribution in [3.8, 4) is 0 Å². The number of halogens is 3. The van der Waals surface area contributed by atoms with Crippen molar-refractivity contribution in [2.75, 3.05) is 27.3 Å². The minimum absolute atomic E-state index is 0.176. The van der Waals surface area contributed by atoms with Gasteiger partial charge in [0.15, 0.2) is 0 Å². The lowest BCUT2D eigenvalue weighted by molar-refractivity contribution is 0.192. The molecule has 4 nitrogen and oxygen atoms in total. The van der Waals surface area contributed by atoms with Crippen molar-refractivity contribution in [3.05, 3.63) is 26.6 Å². The second-order valence-corrected chi connectivity index (χ2v) is 8.71. The Balaban J connectivity index is 3.07. The van der Waals surface area contributed by atoms with Crippen LogP contribution in [0, 0.1) is 6.92 Å². The molecule has 0 N–H and O–H groups in total. The molecule has 0 aliphatic heterocycles. The molecule has 0 aromatic heterocycles. The number of sulfonamides is 1. The molecule has 0 bridgehead atoms. The highest BCUT2D eigenvalue weighted by atomic mass is 79.9. The number of benzene rings is 1. The van der Waals surface area contributed by atoms with Crippen LogP contribution in [0.25, 0.3) is 0 Å². The van der Waals surface area contributed by atoms with Crippen molar-refractivity contribution < 1.29 is 13.2 Å². The number of rotatable bonds is 6. The molecule has 0 saturated carbocycles. The third-order valence-electron chi connectivity index (χ3n) is 2.70. The Bertz CT molecular complexity index is 580. The lowest BCUT2D eigenvalue weighted by Crippen LogP contribution is -2.34. The predicted octanol–water partition coefficient (Wildman–Crippen LogP) is 3.39. The van der Waals surface area contributed by atoms with Crippen LogP contribution in [0.15, 0.2) is 26.0 Å². The third-order valence-corrected chi connectivity index (χ3v) is 6.60. The average molecular weight is 450 g/mol. The van der Waals surface area contributed by atoms with Gasteiger partial charge < -0.3 is 4.74 Å². The van der Waals surface area contributed by atoms with E-state index in [9.17, 15) is 8.42 Å². The molecule has 0 heterocycles. The normalized spacial score (nSPS) is 13.8. The molecule has 0 aliphatic rings. The van der Waals surface area contributed by atoms with E-state index in [1.54, 1.807) is 12.1 Å². The van der Waals surface area contributed by atoms with Gasteiger partial charge in [-0.1, -0.05) is 15.9 Å². The van der Waals surface area contributed by atoms with Crippen LogP contribution in [0.4, 0.5) is 0 Å². The largest absolute Gasteiger partial charge is 0.383 e. The van der Waals surface area contributed by atoms with Crippen molar-refractivity contribution in [3.63, 3.8) is 0 Å². The van der Waals surface area contributed by atoms with Gasteiger partial charge in [0.1, 0.15) is 0 Å². The molecule has 1 aromatic rings. The maximum Gasteiger partial charge on any atom is 0.244 e. The van der Waals surface area contributed by atoms with Gasteiger partial charge in [-0.15, -0.1) is 11.6 Å². The lowest BCUT2D eigenvalue weighted by atomic mass is 10.2. The van der Waals surface area contributed by atoms with Crippen molar-refractivity contribution in [2.45, 2.75) is 17.2 Å². The SMILES string of the molecule is COCC(Cl)CN(C)S(=O)(=O)c1cc(Br)c(C)cc1Br. The van der Waals surface area contributed by atoms with Crippen LogP contribution in [0.1, 0.15) is 5.56 Å². The molecule has 1 aromatic carbocycles. The highest BCUT2D eigenvalue weighted by molar-refractivity contribution is 9.11. The summed E-state index contributed by atoms with van der Waals surface area (Å²) >= 11 is 12.7. The fourth-order valence-electron chi connectivity index (χ4n) is 1.60. The molecule has 1 rings (SSSR count). The first kappa shape index (κ1) is 18.4. The Morgan fingerprint density at radius 3 is 2.50 bits per heavy atom. The number of nitrogens with zero attached hydrogens (tertiary/aromatic N) is 1. The number of ether oxygens (including phenoxy) is 1. The van der Waals surface area contributed by atoms with E-state index in [1.165, 1.54) is 18.5 Å². The predicted molar refractivity (Wildman–Crippen MR) is 87.9 cm³/mol. The van der Waals surface area contributed by atoms with Crippen molar-refractivity contribution in [2.24, 2.45) is 0 Å². The maximum atomic E-state index is 12.5. The molecule has 0 aliphatic carbocycles. The second kappa shape index (κ2) is 7.56. The highest BCUT2D eigenvalue weighted by Gasteiger charge is 2.26. The summed E-state index contributed by atoms with van der Waals surface area (Å²) < 4.78 is 32.5. The fraction of sp³-hybridized carbons (Fsp3) is 0.500. The smallest absolute Gasteiger partial charge is 0.244 e. The zero-order valence-corrected chi connectivity index (χ0v) is 16.1. The standard InChI is InChI=1S/C12H16Br2ClNO3S/c1-8-4-11(14)12(5-10(8)13)20(17,18)16(2)6-9(15)7-19-3/h4-5,9H,6-7H2,1-3H3. The Kier molecular flexibility index (Phi) is 6.95. The Hall–Kier alpha value is 0.340. The minimum atomic E-state index is -3.61. The van der Waals surface area contributed by atoms with Crippen molar-refractivity contribution in [1.82, 2.24) is 4.31 Å². The van der Waals surface area contributed by atoms with Crippen LogP contribution in [0.2, 0.25) is 0 Å². The molecule has 20 heavy (non-hydrogen) atoms. The third kappa shape index (κ3) is 4.42.